The van der Waals surface area contributed by atoms with Crippen molar-refractivity contribution in [3.05, 3.63) is 0 Å². The Bertz CT molecular complexity index is 316. The quantitative estimate of drug-likeness (QED) is 0.358. The van der Waals surface area contributed by atoms with Gasteiger partial charge >= 0.3 is 5.97 Å². The summed E-state index contributed by atoms with van der Waals surface area (Å²) < 4.78 is 5.05. The molecule has 1 aliphatic rings. The molecule has 0 aromatic rings. The van der Waals surface area contributed by atoms with E-state index in [1.54, 1.807) is 20.8 Å². The number of amides is 2. The molecule has 1 rings (SSSR count). The Morgan fingerprint density at radius 2 is 1.93 bits per heavy atom. The summed E-state index contributed by atoms with van der Waals surface area (Å²) in [6.45, 7) is 5.15. The Labute approximate surface area is 88.4 Å². The average molecular weight is 213 g/mol. The van der Waals surface area contributed by atoms with Gasteiger partial charge in [0.05, 0.1) is 0 Å². The largest absolute Gasteiger partial charge is 0.459 e. The summed E-state index contributed by atoms with van der Waals surface area (Å²) in [6.07, 6.45) is -0.0791. The standard InChI is InChI=1S/C10H15NO4/c1-10(2,3)15-9(14)6-5-7(12)11(4)8(6)13/h6H,5H2,1-4H3/t6-/m0/s1. The number of carbonyl (C=O) groups excluding carboxylic acids is 3. The summed E-state index contributed by atoms with van der Waals surface area (Å²) in [6, 6.07) is 0. The number of nitrogens with zero attached hydrogens (tertiary/aromatic N) is 1. The molecule has 1 aliphatic heterocycles. The maximum atomic E-state index is 11.5. The topological polar surface area (TPSA) is 63.7 Å². The van der Waals surface area contributed by atoms with Crippen molar-refractivity contribution < 1.29 is 19.1 Å². The molecular formula is C10H15NO4. The normalized spacial score (nSPS) is 22.1. The fraction of sp³-hybridized carbons (Fsp3) is 0.700. The first-order chi connectivity index (χ1) is 6.72. The fourth-order valence-electron chi connectivity index (χ4n) is 1.31. The van der Waals surface area contributed by atoms with Crippen LogP contribution in [0.5, 0.6) is 0 Å². The van der Waals surface area contributed by atoms with E-state index in [1.807, 2.05) is 0 Å². The molecule has 1 atom stereocenters. The van der Waals surface area contributed by atoms with Crippen molar-refractivity contribution in [1.82, 2.24) is 4.90 Å². The van der Waals surface area contributed by atoms with Crippen LogP contribution in [-0.4, -0.2) is 35.3 Å². The van der Waals surface area contributed by atoms with Crippen molar-refractivity contribution in [2.75, 3.05) is 7.05 Å². The van der Waals surface area contributed by atoms with Gasteiger partial charge in [-0.1, -0.05) is 0 Å². The van der Waals surface area contributed by atoms with Crippen LogP contribution in [0.4, 0.5) is 0 Å². The molecule has 0 aliphatic carbocycles. The first-order valence-electron chi connectivity index (χ1n) is 4.75. The van der Waals surface area contributed by atoms with Gasteiger partial charge in [0.25, 0.3) is 0 Å². The van der Waals surface area contributed by atoms with Gasteiger partial charge in [-0.15, -0.1) is 0 Å². The molecule has 0 bridgehead atoms. The Morgan fingerprint density at radius 3 is 2.27 bits per heavy atom. The molecule has 0 spiro atoms. The lowest BCUT2D eigenvalue weighted by Gasteiger charge is -2.21. The number of hydrogen-bond acceptors (Lipinski definition) is 4. The Hall–Kier alpha value is -1.39. The van der Waals surface area contributed by atoms with E-state index in [9.17, 15) is 14.4 Å². The third kappa shape index (κ3) is 2.55. The Morgan fingerprint density at radius 1 is 1.40 bits per heavy atom. The zero-order chi connectivity index (χ0) is 11.8. The number of hydrogen-bond donors (Lipinski definition) is 0. The van der Waals surface area contributed by atoms with E-state index < -0.39 is 23.4 Å². The minimum atomic E-state index is -0.957. The number of rotatable bonds is 1. The minimum absolute atomic E-state index is 0.0791. The van der Waals surface area contributed by atoms with Crippen LogP contribution in [0.15, 0.2) is 0 Å². The highest BCUT2D eigenvalue weighted by atomic mass is 16.6. The second-order valence-electron chi connectivity index (χ2n) is 4.58. The highest BCUT2D eigenvalue weighted by Crippen LogP contribution is 2.21. The second-order valence-corrected chi connectivity index (χ2v) is 4.58. The van der Waals surface area contributed by atoms with Crippen LogP contribution < -0.4 is 0 Å². The average Bonchev–Trinajstić information content (AvgIpc) is 2.30. The lowest BCUT2D eigenvalue weighted by Crippen LogP contribution is -2.33. The highest BCUT2D eigenvalue weighted by Gasteiger charge is 2.42. The van der Waals surface area contributed by atoms with E-state index in [2.05, 4.69) is 0 Å². The number of likely N-dealkylation sites (tertiary alicyclic amines) is 1. The zero-order valence-electron chi connectivity index (χ0n) is 9.36. The van der Waals surface area contributed by atoms with Gasteiger partial charge < -0.3 is 4.74 Å². The first kappa shape index (κ1) is 11.7. The van der Waals surface area contributed by atoms with E-state index in [4.69, 9.17) is 4.74 Å². The van der Waals surface area contributed by atoms with Crippen LogP contribution >= 0.6 is 0 Å². The number of carbonyl (C=O) groups is 3. The van der Waals surface area contributed by atoms with Crippen LogP contribution in [-0.2, 0) is 19.1 Å². The molecule has 2 amide bonds. The summed E-state index contributed by atoms with van der Waals surface area (Å²) in [5.41, 5.74) is -0.637. The predicted octanol–water partition coefficient (Wildman–Crippen LogP) is 0.333. The van der Waals surface area contributed by atoms with Crippen molar-refractivity contribution in [3.63, 3.8) is 0 Å². The molecule has 0 N–H and O–H groups in total. The maximum absolute atomic E-state index is 11.5. The van der Waals surface area contributed by atoms with Crippen LogP contribution in [0.1, 0.15) is 27.2 Å². The third-order valence-corrected chi connectivity index (χ3v) is 2.07. The van der Waals surface area contributed by atoms with E-state index in [0.29, 0.717) is 0 Å². The summed E-state index contributed by atoms with van der Waals surface area (Å²) >= 11 is 0. The molecule has 0 aromatic heterocycles. The van der Waals surface area contributed by atoms with E-state index in [0.717, 1.165) is 4.90 Å². The molecule has 0 unspecified atom stereocenters. The van der Waals surface area contributed by atoms with Gasteiger partial charge in [0.1, 0.15) is 11.5 Å². The molecule has 0 aromatic carbocycles. The van der Waals surface area contributed by atoms with Crippen molar-refractivity contribution in [1.29, 1.82) is 0 Å². The van der Waals surface area contributed by atoms with Gasteiger partial charge in [0.2, 0.25) is 11.8 Å². The SMILES string of the molecule is CN1C(=O)C[C@H](C(=O)OC(C)(C)C)C1=O. The first-order valence-corrected chi connectivity index (χ1v) is 4.75. The molecule has 1 fully saturated rings. The van der Waals surface area contributed by atoms with Gasteiger partial charge in [0.15, 0.2) is 0 Å². The predicted molar refractivity (Wildman–Crippen MR) is 51.7 cm³/mol. The molecular weight excluding hydrogens is 198 g/mol. The van der Waals surface area contributed by atoms with Gasteiger partial charge in [-0.05, 0) is 20.8 Å². The number of ether oxygens (including phenoxy) is 1. The smallest absolute Gasteiger partial charge is 0.319 e. The maximum Gasteiger partial charge on any atom is 0.319 e. The van der Waals surface area contributed by atoms with Crippen LogP contribution in [0.3, 0.4) is 0 Å². The number of imide groups is 1. The second kappa shape index (κ2) is 3.64. The molecule has 1 heterocycles. The monoisotopic (exact) mass is 213 g/mol. The Balaban J connectivity index is 2.71. The van der Waals surface area contributed by atoms with E-state index >= 15 is 0 Å². The molecule has 5 nitrogen and oxygen atoms in total. The molecule has 84 valence electrons. The third-order valence-electron chi connectivity index (χ3n) is 2.07. The Kier molecular flexibility index (Phi) is 2.83. The summed E-state index contributed by atoms with van der Waals surface area (Å²) in [5, 5.41) is 0. The van der Waals surface area contributed by atoms with Gasteiger partial charge in [-0.3, -0.25) is 19.3 Å². The van der Waals surface area contributed by atoms with Gasteiger partial charge in [-0.2, -0.15) is 0 Å². The van der Waals surface area contributed by atoms with Crippen LogP contribution in [0.2, 0.25) is 0 Å². The highest BCUT2D eigenvalue weighted by molar-refractivity contribution is 6.12. The van der Waals surface area contributed by atoms with E-state index in [1.165, 1.54) is 7.05 Å². The molecule has 0 saturated carbocycles. The van der Waals surface area contributed by atoms with Gasteiger partial charge in [-0.25, -0.2) is 0 Å². The minimum Gasteiger partial charge on any atom is -0.459 e. The molecule has 1 saturated heterocycles. The van der Waals surface area contributed by atoms with Crippen molar-refractivity contribution in [3.8, 4) is 0 Å². The van der Waals surface area contributed by atoms with Crippen LogP contribution in [0.25, 0.3) is 0 Å². The number of esters is 1. The zero-order valence-corrected chi connectivity index (χ0v) is 9.36. The lowest BCUT2D eigenvalue weighted by molar-refractivity contribution is -0.162. The van der Waals surface area contributed by atoms with Crippen LogP contribution in [0, 0.1) is 5.92 Å². The molecule has 15 heavy (non-hydrogen) atoms. The summed E-state index contributed by atoms with van der Waals surface area (Å²) in [7, 11) is 1.37. The summed E-state index contributed by atoms with van der Waals surface area (Å²) in [5.74, 6) is -2.39. The fourth-order valence-corrected chi connectivity index (χ4v) is 1.31. The lowest BCUT2D eigenvalue weighted by atomic mass is 10.1. The summed E-state index contributed by atoms with van der Waals surface area (Å²) in [4.78, 5) is 35.1. The van der Waals surface area contributed by atoms with Gasteiger partial charge in [0, 0.05) is 13.5 Å². The van der Waals surface area contributed by atoms with Crippen molar-refractivity contribution in [2.24, 2.45) is 5.92 Å². The van der Waals surface area contributed by atoms with Crippen molar-refractivity contribution in [2.45, 2.75) is 32.8 Å². The molecule has 0 radical (unpaired) electrons. The van der Waals surface area contributed by atoms with Crippen molar-refractivity contribution >= 4 is 17.8 Å². The van der Waals surface area contributed by atoms with E-state index in [-0.39, 0.29) is 12.3 Å². The molecule has 5 heteroatoms.